The summed E-state index contributed by atoms with van der Waals surface area (Å²) < 4.78 is 23.0. The van der Waals surface area contributed by atoms with Crippen LogP contribution in [0.25, 0.3) is 11.0 Å². The van der Waals surface area contributed by atoms with Crippen LogP contribution in [0.3, 0.4) is 0 Å². The first kappa shape index (κ1) is 17.2. The number of rotatable bonds is 3. The Morgan fingerprint density at radius 3 is 2.38 bits per heavy atom. The van der Waals surface area contributed by atoms with E-state index in [4.69, 9.17) is 9.15 Å². The number of ether oxygens (including phenoxy) is 1. The fraction of sp³-hybridized carbons (Fsp3) is 0.0556. The van der Waals surface area contributed by atoms with Crippen molar-refractivity contribution in [1.82, 2.24) is 10.9 Å². The number of carbonyl (C=O) groups is 2. The third-order valence-electron chi connectivity index (χ3n) is 3.58. The summed E-state index contributed by atoms with van der Waals surface area (Å²) in [5.74, 6) is -1.49. The molecule has 0 radical (unpaired) electrons. The monoisotopic (exact) mass is 356 g/mol. The molecule has 2 aromatic carbocycles. The third-order valence-corrected chi connectivity index (χ3v) is 3.58. The average Bonchev–Trinajstić information content (AvgIpc) is 2.65. The smallest absolute Gasteiger partial charge is 0.349 e. The molecule has 0 saturated heterocycles. The van der Waals surface area contributed by atoms with Crippen LogP contribution in [0.2, 0.25) is 0 Å². The van der Waals surface area contributed by atoms with Gasteiger partial charge < -0.3 is 9.15 Å². The molecule has 0 atom stereocenters. The Balaban J connectivity index is 1.77. The van der Waals surface area contributed by atoms with Crippen molar-refractivity contribution in [1.29, 1.82) is 0 Å². The molecule has 132 valence electrons. The molecule has 1 heterocycles. The first-order valence-corrected chi connectivity index (χ1v) is 7.46. The van der Waals surface area contributed by atoms with Gasteiger partial charge in [0.05, 0.1) is 7.11 Å². The average molecular weight is 356 g/mol. The fourth-order valence-corrected chi connectivity index (χ4v) is 2.23. The fourth-order valence-electron chi connectivity index (χ4n) is 2.23. The molecule has 0 saturated carbocycles. The number of fused-ring (bicyclic) bond motifs is 1. The van der Waals surface area contributed by atoms with Gasteiger partial charge in [-0.05, 0) is 42.5 Å². The molecule has 2 amide bonds. The van der Waals surface area contributed by atoms with Gasteiger partial charge in [0.1, 0.15) is 22.7 Å². The van der Waals surface area contributed by atoms with E-state index >= 15 is 0 Å². The van der Waals surface area contributed by atoms with Crippen LogP contribution in [-0.4, -0.2) is 18.9 Å². The lowest BCUT2D eigenvalue weighted by atomic mass is 10.1. The standard InChI is InChI=1S/C18H13FN2O5/c1-25-13-7-4-11-8-14(18(24)26-15(11)9-13)17(23)21-20-16(22)10-2-5-12(19)6-3-10/h2-9H,1H3,(H,20,22)(H,21,23). The molecule has 0 aliphatic rings. The SMILES string of the molecule is COc1ccc2cc(C(=O)NNC(=O)c3ccc(F)cc3)c(=O)oc2c1. The molecule has 3 aromatic rings. The van der Waals surface area contributed by atoms with Gasteiger partial charge in [-0.15, -0.1) is 0 Å². The molecular formula is C18H13FN2O5. The summed E-state index contributed by atoms with van der Waals surface area (Å²) in [6, 6.07) is 10.9. The Morgan fingerprint density at radius 1 is 1.00 bits per heavy atom. The number of benzene rings is 2. The lowest BCUT2D eigenvalue weighted by Gasteiger charge is -2.07. The minimum Gasteiger partial charge on any atom is -0.497 e. The second-order valence-corrected chi connectivity index (χ2v) is 5.27. The highest BCUT2D eigenvalue weighted by Crippen LogP contribution is 2.20. The number of nitrogens with one attached hydrogen (secondary N) is 2. The number of hydrogen-bond donors (Lipinski definition) is 2. The topological polar surface area (TPSA) is 97.6 Å². The molecule has 26 heavy (non-hydrogen) atoms. The van der Waals surface area contributed by atoms with Crippen molar-refractivity contribution in [2.45, 2.75) is 0 Å². The zero-order valence-corrected chi connectivity index (χ0v) is 13.5. The number of halogens is 1. The maximum absolute atomic E-state index is 12.9. The highest BCUT2D eigenvalue weighted by atomic mass is 19.1. The quantitative estimate of drug-likeness (QED) is 0.553. The Labute approximate surface area is 146 Å². The van der Waals surface area contributed by atoms with Crippen LogP contribution in [0.15, 0.2) is 57.7 Å². The molecule has 0 aliphatic carbocycles. The molecule has 2 N–H and O–H groups in total. The van der Waals surface area contributed by atoms with E-state index in [2.05, 4.69) is 10.9 Å². The Bertz CT molecular complexity index is 1040. The van der Waals surface area contributed by atoms with Crippen LogP contribution in [0.1, 0.15) is 20.7 Å². The molecule has 1 aromatic heterocycles. The van der Waals surface area contributed by atoms with Gasteiger partial charge in [-0.3, -0.25) is 20.4 Å². The lowest BCUT2D eigenvalue weighted by Crippen LogP contribution is -2.43. The Hall–Kier alpha value is -3.68. The molecule has 8 heteroatoms. The highest BCUT2D eigenvalue weighted by molar-refractivity contribution is 6.00. The van der Waals surface area contributed by atoms with Crippen molar-refractivity contribution < 1.29 is 23.1 Å². The van der Waals surface area contributed by atoms with E-state index in [1.54, 1.807) is 12.1 Å². The number of carbonyl (C=O) groups excluding carboxylic acids is 2. The summed E-state index contributed by atoms with van der Waals surface area (Å²) in [5, 5.41) is 0.514. The lowest BCUT2D eigenvalue weighted by molar-refractivity contribution is 0.0844. The summed E-state index contributed by atoms with van der Waals surface area (Å²) in [6.45, 7) is 0. The van der Waals surface area contributed by atoms with Gasteiger partial charge in [0, 0.05) is 17.0 Å². The summed E-state index contributed by atoms with van der Waals surface area (Å²) >= 11 is 0. The van der Waals surface area contributed by atoms with Gasteiger partial charge >= 0.3 is 5.63 Å². The van der Waals surface area contributed by atoms with Gasteiger partial charge in [0.15, 0.2) is 0 Å². The minimum atomic E-state index is -0.862. The van der Waals surface area contributed by atoms with E-state index in [0.29, 0.717) is 11.1 Å². The van der Waals surface area contributed by atoms with Gasteiger partial charge in [-0.25, -0.2) is 9.18 Å². The van der Waals surface area contributed by atoms with E-state index < -0.39 is 23.3 Å². The summed E-state index contributed by atoms with van der Waals surface area (Å²) in [7, 11) is 1.48. The number of amides is 2. The van der Waals surface area contributed by atoms with Gasteiger partial charge in [0.25, 0.3) is 11.8 Å². The van der Waals surface area contributed by atoms with Crippen LogP contribution in [0, 0.1) is 5.82 Å². The number of hydrogen-bond acceptors (Lipinski definition) is 5. The molecular weight excluding hydrogens is 343 g/mol. The van der Waals surface area contributed by atoms with E-state index in [0.717, 1.165) is 12.1 Å². The minimum absolute atomic E-state index is 0.143. The number of methoxy groups -OCH3 is 1. The van der Waals surface area contributed by atoms with Crippen LogP contribution < -0.4 is 21.2 Å². The van der Waals surface area contributed by atoms with Crippen molar-refractivity contribution in [2.24, 2.45) is 0 Å². The van der Waals surface area contributed by atoms with Gasteiger partial charge in [-0.1, -0.05) is 0 Å². The highest BCUT2D eigenvalue weighted by Gasteiger charge is 2.15. The second-order valence-electron chi connectivity index (χ2n) is 5.27. The normalized spacial score (nSPS) is 10.4. The van der Waals surface area contributed by atoms with Gasteiger partial charge in [-0.2, -0.15) is 0 Å². The van der Waals surface area contributed by atoms with Gasteiger partial charge in [0.2, 0.25) is 0 Å². The maximum atomic E-state index is 12.9. The first-order chi connectivity index (χ1) is 12.5. The van der Waals surface area contributed by atoms with E-state index in [1.165, 1.54) is 31.4 Å². The summed E-state index contributed by atoms with van der Waals surface area (Å²) in [4.78, 5) is 36.1. The Morgan fingerprint density at radius 2 is 1.69 bits per heavy atom. The number of hydrazine groups is 1. The summed E-state index contributed by atoms with van der Waals surface area (Å²) in [5.41, 5.74) is 3.54. The zero-order chi connectivity index (χ0) is 18.7. The molecule has 0 fully saturated rings. The van der Waals surface area contributed by atoms with Crippen LogP contribution in [0.4, 0.5) is 4.39 Å². The second kappa shape index (κ2) is 7.06. The predicted molar refractivity (Wildman–Crippen MR) is 90.4 cm³/mol. The van der Waals surface area contributed by atoms with Crippen LogP contribution in [-0.2, 0) is 0 Å². The molecule has 0 unspecified atom stereocenters. The zero-order valence-electron chi connectivity index (χ0n) is 13.5. The maximum Gasteiger partial charge on any atom is 0.349 e. The van der Waals surface area contributed by atoms with Crippen molar-refractivity contribution in [3.8, 4) is 5.75 Å². The molecule has 7 nitrogen and oxygen atoms in total. The van der Waals surface area contributed by atoms with E-state index in [9.17, 15) is 18.8 Å². The van der Waals surface area contributed by atoms with E-state index in [-0.39, 0.29) is 16.7 Å². The van der Waals surface area contributed by atoms with Crippen molar-refractivity contribution in [2.75, 3.05) is 7.11 Å². The Kier molecular flexibility index (Phi) is 4.66. The van der Waals surface area contributed by atoms with E-state index in [1.807, 2.05) is 0 Å². The third kappa shape index (κ3) is 3.54. The molecule has 0 bridgehead atoms. The van der Waals surface area contributed by atoms with Crippen molar-refractivity contribution >= 4 is 22.8 Å². The largest absolute Gasteiger partial charge is 0.497 e. The molecule has 0 aliphatic heterocycles. The van der Waals surface area contributed by atoms with Crippen molar-refractivity contribution in [3.63, 3.8) is 0 Å². The first-order valence-electron chi connectivity index (χ1n) is 7.46. The van der Waals surface area contributed by atoms with Crippen molar-refractivity contribution in [3.05, 3.63) is 75.9 Å². The predicted octanol–water partition coefficient (Wildman–Crippen LogP) is 2.02. The molecule has 3 rings (SSSR count). The van der Waals surface area contributed by atoms with Crippen LogP contribution in [0.5, 0.6) is 5.75 Å². The summed E-state index contributed by atoms with van der Waals surface area (Å²) in [6.07, 6.45) is 0. The molecule has 0 spiro atoms. The van der Waals surface area contributed by atoms with Crippen LogP contribution >= 0.6 is 0 Å².